The molecule has 1 saturated heterocycles. The molecule has 0 unspecified atom stereocenters. The van der Waals surface area contributed by atoms with Gasteiger partial charge in [0.2, 0.25) is 0 Å². The number of piperazine rings is 1. The average Bonchev–Trinajstić information content (AvgIpc) is 3.41. The Bertz CT molecular complexity index is 1080. The number of hydrogen-bond donors (Lipinski definition) is 0. The summed E-state index contributed by atoms with van der Waals surface area (Å²) in [6.45, 7) is 5.42. The Labute approximate surface area is 178 Å². The van der Waals surface area contributed by atoms with Gasteiger partial charge in [-0.25, -0.2) is 13.9 Å². The van der Waals surface area contributed by atoms with Gasteiger partial charge in [0.05, 0.1) is 12.3 Å². The Hall–Kier alpha value is -3.62. The van der Waals surface area contributed by atoms with E-state index in [1.54, 1.807) is 41.0 Å². The molecule has 2 amide bonds. The van der Waals surface area contributed by atoms with Crippen molar-refractivity contribution in [3.63, 3.8) is 0 Å². The summed E-state index contributed by atoms with van der Waals surface area (Å²) in [6, 6.07) is 11.0. The van der Waals surface area contributed by atoms with Gasteiger partial charge in [0.15, 0.2) is 5.76 Å². The molecule has 31 heavy (non-hydrogen) atoms. The largest absolute Gasteiger partial charge is 0.460 e. The average molecular weight is 426 g/mol. The number of amides is 2. The lowest BCUT2D eigenvalue weighted by molar-refractivity contribution is 0.0563. The Morgan fingerprint density at radius 2 is 1.74 bits per heavy atom. The van der Waals surface area contributed by atoms with Crippen LogP contribution in [0.5, 0.6) is 0 Å². The summed E-state index contributed by atoms with van der Waals surface area (Å²) in [4.78, 5) is 28.5. The molecule has 3 aromatic rings. The second kappa shape index (κ2) is 8.63. The molecule has 1 fully saturated rings. The Morgan fingerprint density at radius 1 is 1.06 bits per heavy atom. The van der Waals surface area contributed by atoms with E-state index in [0.717, 1.165) is 5.76 Å². The SMILES string of the molecule is CCOC(=O)N1CCN(C(=O)c2cc(-c3ccc(C)o3)nn2-c2ccc(F)cc2)CC1. The maximum atomic E-state index is 13.4. The van der Waals surface area contributed by atoms with Crippen molar-refractivity contribution in [1.82, 2.24) is 19.6 Å². The molecule has 0 N–H and O–H groups in total. The Morgan fingerprint density at radius 3 is 2.35 bits per heavy atom. The number of rotatable bonds is 4. The van der Waals surface area contributed by atoms with Gasteiger partial charge in [0.1, 0.15) is 23.0 Å². The zero-order chi connectivity index (χ0) is 22.0. The number of halogens is 1. The minimum absolute atomic E-state index is 0.227. The number of ether oxygens (including phenoxy) is 1. The van der Waals surface area contributed by atoms with Crippen LogP contribution in [0.4, 0.5) is 9.18 Å². The highest BCUT2D eigenvalue weighted by atomic mass is 19.1. The van der Waals surface area contributed by atoms with Crippen molar-refractivity contribution in [2.24, 2.45) is 0 Å². The molecular formula is C22H23FN4O4. The summed E-state index contributed by atoms with van der Waals surface area (Å²) < 4.78 is 25.6. The summed E-state index contributed by atoms with van der Waals surface area (Å²) in [5.74, 6) is 0.671. The van der Waals surface area contributed by atoms with E-state index in [2.05, 4.69) is 5.10 Å². The minimum atomic E-state index is -0.374. The van der Waals surface area contributed by atoms with Crippen molar-refractivity contribution >= 4 is 12.0 Å². The summed E-state index contributed by atoms with van der Waals surface area (Å²) in [5.41, 5.74) is 1.40. The van der Waals surface area contributed by atoms with Gasteiger partial charge in [-0.3, -0.25) is 4.79 Å². The standard InChI is InChI=1S/C22H23FN4O4/c1-3-30-22(29)26-12-10-25(11-13-26)21(28)19-14-18(20-9-4-15(2)31-20)24-27(19)17-7-5-16(23)6-8-17/h4-9,14H,3,10-13H2,1-2H3. The van der Waals surface area contributed by atoms with Crippen LogP contribution in [0.1, 0.15) is 23.2 Å². The lowest BCUT2D eigenvalue weighted by Gasteiger charge is -2.34. The minimum Gasteiger partial charge on any atom is -0.460 e. The Kier molecular flexibility index (Phi) is 5.75. The van der Waals surface area contributed by atoms with Gasteiger partial charge in [0, 0.05) is 32.2 Å². The lowest BCUT2D eigenvalue weighted by Crippen LogP contribution is -2.51. The summed E-state index contributed by atoms with van der Waals surface area (Å²) >= 11 is 0. The van der Waals surface area contributed by atoms with Crippen molar-refractivity contribution in [3.8, 4) is 17.1 Å². The van der Waals surface area contributed by atoms with Gasteiger partial charge in [-0.1, -0.05) is 0 Å². The summed E-state index contributed by atoms with van der Waals surface area (Å²) in [7, 11) is 0. The first-order valence-electron chi connectivity index (χ1n) is 10.1. The monoisotopic (exact) mass is 426 g/mol. The van der Waals surface area contributed by atoms with Gasteiger partial charge in [-0.15, -0.1) is 0 Å². The van der Waals surface area contributed by atoms with Crippen molar-refractivity contribution in [2.75, 3.05) is 32.8 Å². The van der Waals surface area contributed by atoms with E-state index >= 15 is 0 Å². The van der Waals surface area contributed by atoms with Gasteiger partial charge < -0.3 is 19.0 Å². The van der Waals surface area contributed by atoms with Crippen LogP contribution in [0.2, 0.25) is 0 Å². The molecular weight excluding hydrogens is 403 g/mol. The van der Waals surface area contributed by atoms with Crippen LogP contribution in [-0.4, -0.2) is 64.4 Å². The molecule has 0 radical (unpaired) electrons. The maximum Gasteiger partial charge on any atom is 0.409 e. The highest BCUT2D eigenvalue weighted by molar-refractivity contribution is 5.94. The number of aromatic nitrogens is 2. The first kappa shape index (κ1) is 20.6. The van der Waals surface area contributed by atoms with E-state index in [0.29, 0.717) is 55.6 Å². The Balaban J connectivity index is 1.62. The fourth-order valence-electron chi connectivity index (χ4n) is 3.47. The molecule has 8 nitrogen and oxygen atoms in total. The number of carbonyl (C=O) groups excluding carboxylic acids is 2. The molecule has 0 saturated carbocycles. The topological polar surface area (TPSA) is 80.8 Å². The van der Waals surface area contributed by atoms with Crippen molar-refractivity contribution in [1.29, 1.82) is 0 Å². The van der Waals surface area contributed by atoms with Crippen LogP contribution in [0, 0.1) is 12.7 Å². The van der Waals surface area contributed by atoms with E-state index < -0.39 is 0 Å². The first-order chi connectivity index (χ1) is 15.0. The van der Waals surface area contributed by atoms with Gasteiger partial charge in [-0.2, -0.15) is 5.10 Å². The lowest BCUT2D eigenvalue weighted by atomic mass is 10.2. The number of furan rings is 1. The number of hydrogen-bond acceptors (Lipinski definition) is 5. The third-order valence-corrected chi connectivity index (χ3v) is 5.09. The van der Waals surface area contributed by atoms with Crippen molar-refractivity contribution < 1.29 is 23.1 Å². The molecule has 1 aliphatic rings. The molecule has 0 spiro atoms. The van der Waals surface area contributed by atoms with Crippen LogP contribution in [0.3, 0.4) is 0 Å². The second-order valence-corrected chi connectivity index (χ2v) is 7.19. The fraction of sp³-hybridized carbons (Fsp3) is 0.318. The normalized spacial score (nSPS) is 14.0. The molecule has 1 aliphatic heterocycles. The molecule has 3 heterocycles. The van der Waals surface area contributed by atoms with E-state index in [1.165, 1.54) is 16.8 Å². The first-order valence-corrected chi connectivity index (χ1v) is 10.1. The van der Waals surface area contributed by atoms with E-state index in [-0.39, 0.29) is 17.8 Å². The quantitative estimate of drug-likeness (QED) is 0.638. The van der Waals surface area contributed by atoms with Crippen molar-refractivity contribution in [2.45, 2.75) is 13.8 Å². The zero-order valence-corrected chi connectivity index (χ0v) is 17.4. The fourth-order valence-corrected chi connectivity index (χ4v) is 3.47. The highest BCUT2D eigenvalue weighted by Crippen LogP contribution is 2.25. The maximum absolute atomic E-state index is 13.4. The molecule has 2 aromatic heterocycles. The highest BCUT2D eigenvalue weighted by Gasteiger charge is 2.28. The number of aryl methyl sites for hydroxylation is 1. The molecule has 0 atom stereocenters. The summed E-state index contributed by atoms with van der Waals surface area (Å²) in [6.07, 6.45) is -0.374. The van der Waals surface area contributed by atoms with Gasteiger partial charge >= 0.3 is 6.09 Å². The van der Waals surface area contributed by atoms with Gasteiger partial charge in [-0.05, 0) is 50.2 Å². The van der Waals surface area contributed by atoms with Crippen molar-refractivity contribution in [3.05, 3.63) is 59.7 Å². The number of nitrogens with zero attached hydrogens (tertiary/aromatic N) is 4. The predicted molar refractivity (Wildman–Crippen MR) is 110 cm³/mol. The second-order valence-electron chi connectivity index (χ2n) is 7.19. The molecule has 9 heteroatoms. The third-order valence-electron chi connectivity index (χ3n) is 5.09. The van der Waals surface area contributed by atoms with Crippen LogP contribution in [0.25, 0.3) is 17.1 Å². The van der Waals surface area contributed by atoms with Crippen LogP contribution < -0.4 is 0 Å². The zero-order valence-electron chi connectivity index (χ0n) is 17.4. The smallest absolute Gasteiger partial charge is 0.409 e. The predicted octanol–water partition coefficient (Wildman–Crippen LogP) is 3.49. The number of carbonyl (C=O) groups is 2. The van der Waals surface area contributed by atoms with E-state index in [9.17, 15) is 14.0 Å². The summed E-state index contributed by atoms with van der Waals surface area (Å²) in [5, 5.41) is 4.55. The third kappa shape index (κ3) is 4.30. The van der Waals surface area contributed by atoms with Crippen LogP contribution >= 0.6 is 0 Å². The molecule has 4 rings (SSSR count). The number of benzene rings is 1. The van der Waals surface area contributed by atoms with Crippen LogP contribution in [0.15, 0.2) is 46.9 Å². The molecule has 162 valence electrons. The van der Waals surface area contributed by atoms with E-state index in [1.807, 2.05) is 13.0 Å². The molecule has 1 aromatic carbocycles. The molecule has 0 aliphatic carbocycles. The van der Waals surface area contributed by atoms with Gasteiger partial charge in [0.25, 0.3) is 5.91 Å². The molecule has 0 bridgehead atoms. The van der Waals surface area contributed by atoms with E-state index in [4.69, 9.17) is 9.15 Å². The van der Waals surface area contributed by atoms with Crippen LogP contribution in [-0.2, 0) is 4.74 Å².